The minimum Gasteiger partial charge on any atom is -0.318 e. The van der Waals surface area contributed by atoms with Crippen LogP contribution in [0.2, 0.25) is 0 Å². The first kappa shape index (κ1) is 12.0. The summed E-state index contributed by atoms with van der Waals surface area (Å²) in [5, 5.41) is 3.30. The van der Waals surface area contributed by atoms with Crippen molar-refractivity contribution in [1.29, 1.82) is 0 Å². The third kappa shape index (κ3) is 2.94. The van der Waals surface area contributed by atoms with Gasteiger partial charge >= 0.3 is 0 Å². The van der Waals surface area contributed by atoms with Crippen LogP contribution in [-0.2, 0) is 0 Å². The van der Waals surface area contributed by atoms with Crippen LogP contribution in [0.15, 0.2) is 0 Å². The fourth-order valence-electron chi connectivity index (χ4n) is 2.26. The molecule has 0 aliphatic carbocycles. The Morgan fingerprint density at radius 2 is 2.14 bits per heavy atom. The number of nitrogens with zero attached hydrogens (tertiary/aromatic N) is 2. The highest BCUT2D eigenvalue weighted by Crippen LogP contribution is 2.13. The van der Waals surface area contributed by atoms with Crippen LogP contribution in [-0.4, -0.2) is 62.2 Å². The molecule has 0 aromatic rings. The van der Waals surface area contributed by atoms with Crippen LogP contribution in [0.1, 0.15) is 20.3 Å². The Hall–Kier alpha value is -0.120. The van der Waals surface area contributed by atoms with Gasteiger partial charge in [-0.05, 0) is 27.4 Å². The number of hydrogen-bond acceptors (Lipinski definition) is 3. The molecule has 84 valence electrons. The van der Waals surface area contributed by atoms with Gasteiger partial charge in [0.25, 0.3) is 0 Å². The van der Waals surface area contributed by atoms with Gasteiger partial charge in [-0.25, -0.2) is 0 Å². The lowest BCUT2D eigenvalue weighted by molar-refractivity contribution is 0.0576. The minimum absolute atomic E-state index is 0.689. The first-order chi connectivity index (χ1) is 6.69. The summed E-state index contributed by atoms with van der Waals surface area (Å²) in [7, 11) is 4.26. The summed E-state index contributed by atoms with van der Waals surface area (Å²) in [4.78, 5) is 5.08. The third-order valence-electron chi connectivity index (χ3n) is 3.33. The SMILES string of the molecule is CCC(C)N1CCN(C)CC1CNC. The zero-order valence-corrected chi connectivity index (χ0v) is 10.1. The first-order valence-corrected chi connectivity index (χ1v) is 5.78. The fraction of sp³-hybridized carbons (Fsp3) is 1.00. The number of hydrogen-bond donors (Lipinski definition) is 1. The average molecular weight is 199 g/mol. The van der Waals surface area contributed by atoms with E-state index < -0.39 is 0 Å². The Morgan fingerprint density at radius 1 is 1.43 bits per heavy atom. The second-order valence-electron chi connectivity index (χ2n) is 4.47. The molecule has 1 saturated heterocycles. The highest BCUT2D eigenvalue weighted by Gasteiger charge is 2.27. The van der Waals surface area contributed by atoms with E-state index in [2.05, 4.69) is 36.0 Å². The van der Waals surface area contributed by atoms with Gasteiger partial charge in [0.15, 0.2) is 0 Å². The molecule has 1 aliphatic heterocycles. The summed E-state index contributed by atoms with van der Waals surface area (Å²) in [5.41, 5.74) is 0. The van der Waals surface area contributed by atoms with Gasteiger partial charge in [-0.2, -0.15) is 0 Å². The van der Waals surface area contributed by atoms with Crippen LogP contribution in [0.25, 0.3) is 0 Å². The van der Waals surface area contributed by atoms with E-state index in [0.29, 0.717) is 6.04 Å². The predicted molar refractivity (Wildman–Crippen MR) is 61.7 cm³/mol. The largest absolute Gasteiger partial charge is 0.318 e. The van der Waals surface area contributed by atoms with E-state index in [4.69, 9.17) is 0 Å². The van der Waals surface area contributed by atoms with Gasteiger partial charge in [0.1, 0.15) is 0 Å². The molecule has 2 atom stereocenters. The Morgan fingerprint density at radius 3 is 2.71 bits per heavy atom. The summed E-state index contributed by atoms with van der Waals surface area (Å²) in [6.07, 6.45) is 1.25. The second kappa shape index (κ2) is 5.69. The zero-order chi connectivity index (χ0) is 10.6. The predicted octanol–water partition coefficient (Wildman–Crippen LogP) is 0.620. The maximum Gasteiger partial charge on any atom is 0.0351 e. The molecule has 0 saturated carbocycles. The van der Waals surface area contributed by atoms with Crippen molar-refractivity contribution in [2.24, 2.45) is 0 Å². The van der Waals surface area contributed by atoms with Crippen molar-refractivity contribution < 1.29 is 0 Å². The maximum atomic E-state index is 3.30. The topological polar surface area (TPSA) is 18.5 Å². The van der Waals surface area contributed by atoms with Crippen LogP contribution in [0.5, 0.6) is 0 Å². The molecule has 3 nitrogen and oxygen atoms in total. The third-order valence-corrected chi connectivity index (χ3v) is 3.33. The lowest BCUT2D eigenvalue weighted by Crippen LogP contribution is -2.57. The molecule has 0 spiro atoms. The van der Waals surface area contributed by atoms with Crippen LogP contribution in [0.4, 0.5) is 0 Å². The molecule has 0 bridgehead atoms. The monoisotopic (exact) mass is 199 g/mol. The molecular weight excluding hydrogens is 174 g/mol. The van der Waals surface area contributed by atoms with Crippen molar-refractivity contribution >= 4 is 0 Å². The van der Waals surface area contributed by atoms with Crippen molar-refractivity contribution in [1.82, 2.24) is 15.1 Å². The zero-order valence-electron chi connectivity index (χ0n) is 10.1. The Kier molecular flexibility index (Phi) is 4.85. The van der Waals surface area contributed by atoms with E-state index in [1.54, 1.807) is 0 Å². The molecule has 0 aromatic carbocycles. The quantitative estimate of drug-likeness (QED) is 0.716. The van der Waals surface area contributed by atoms with Gasteiger partial charge in [0.05, 0.1) is 0 Å². The highest BCUT2D eigenvalue weighted by atomic mass is 15.3. The van der Waals surface area contributed by atoms with Crippen LogP contribution < -0.4 is 5.32 Å². The van der Waals surface area contributed by atoms with Gasteiger partial charge in [-0.15, -0.1) is 0 Å². The second-order valence-corrected chi connectivity index (χ2v) is 4.47. The normalized spacial score (nSPS) is 27.9. The first-order valence-electron chi connectivity index (χ1n) is 5.78. The maximum absolute atomic E-state index is 3.30. The molecule has 0 aromatic heterocycles. The molecule has 1 rings (SSSR count). The van der Waals surface area contributed by atoms with Crippen molar-refractivity contribution in [2.75, 3.05) is 40.3 Å². The molecular formula is C11H25N3. The van der Waals surface area contributed by atoms with Crippen molar-refractivity contribution in [3.63, 3.8) is 0 Å². The molecule has 1 aliphatic rings. The fourth-order valence-corrected chi connectivity index (χ4v) is 2.26. The summed E-state index contributed by atoms with van der Waals surface area (Å²) in [6.45, 7) is 9.36. The summed E-state index contributed by atoms with van der Waals surface area (Å²) < 4.78 is 0. The lowest BCUT2D eigenvalue weighted by Gasteiger charge is -2.43. The lowest BCUT2D eigenvalue weighted by atomic mass is 10.1. The standard InChI is InChI=1S/C11H25N3/c1-5-10(2)14-7-6-13(4)9-11(14)8-12-3/h10-12H,5-9H2,1-4H3. The van der Waals surface area contributed by atoms with E-state index in [1.165, 1.54) is 26.1 Å². The Labute approximate surface area is 88.5 Å². The van der Waals surface area contributed by atoms with Gasteiger partial charge in [-0.1, -0.05) is 6.92 Å². The molecule has 3 heteroatoms. The van der Waals surface area contributed by atoms with Gasteiger partial charge < -0.3 is 10.2 Å². The van der Waals surface area contributed by atoms with E-state index in [0.717, 1.165) is 12.6 Å². The van der Waals surface area contributed by atoms with Crippen LogP contribution in [0, 0.1) is 0 Å². The van der Waals surface area contributed by atoms with Crippen LogP contribution >= 0.6 is 0 Å². The molecule has 2 unspecified atom stereocenters. The Bertz CT molecular complexity index is 161. The smallest absolute Gasteiger partial charge is 0.0351 e. The van der Waals surface area contributed by atoms with E-state index in [-0.39, 0.29) is 0 Å². The van der Waals surface area contributed by atoms with Crippen molar-refractivity contribution in [3.05, 3.63) is 0 Å². The molecule has 1 N–H and O–H groups in total. The number of rotatable bonds is 4. The molecule has 0 amide bonds. The molecule has 0 radical (unpaired) electrons. The molecule has 1 heterocycles. The van der Waals surface area contributed by atoms with E-state index >= 15 is 0 Å². The summed E-state index contributed by atoms with van der Waals surface area (Å²) >= 11 is 0. The molecule has 14 heavy (non-hydrogen) atoms. The minimum atomic E-state index is 0.689. The number of nitrogens with one attached hydrogen (secondary N) is 1. The van der Waals surface area contributed by atoms with E-state index in [9.17, 15) is 0 Å². The van der Waals surface area contributed by atoms with Gasteiger partial charge in [-0.3, -0.25) is 4.90 Å². The number of piperazine rings is 1. The van der Waals surface area contributed by atoms with Gasteiger partial charge in [0, 0.05) is 38.3 Å². The van der Waals surface area contributed by atoms with Crippen molar-refractivity contribution in [2.45, 2.75) is 32.4 Å². The number of likely N-dealkylation sites (N-methyl/N-ethyl adjacent to an activating group) is 2. The Balaban J connectivity index is 2.52. The van der Waals surface area contributed by atoms with Gasteiger partial charge in [0.2, 0.25) is 0 Å². The van der Waals surface area contributed by atoms with Crippen molar-refractivity contribution in [3.8, 4) is 0 Å². The summed E-state index contributed by atoms with van der Waals surface area (Å²) in [6, 6.07) is 1.41. The van der Waals surface area contributed by atoms with Crippen LogP contribution in [0.3, 0.4) is 0 Å². The van der Waals surface area contributed by atoms with E-state index in [1.807, 2.05) is 7.05 Å². The highest BCUT2D eigenvalue weighted by molar-refractivity contribution is 4.84. The summed E-state index contributed by atoms with van der Waals surface area (Å²) in [5.74, 6) is 0. The molecule has 1 fully saturated rings. The average Bonchev–Trinajstić information content (AvgIpc) is 2.17.